The summed E-state index contributed by atoms with van der Waals surface area (Å²) in [5, 5.41) is 2.93. The third kappa shape index (κ3) is 4.78. The van der Waals surface area contributed by atoms with Crippen molar-refractivity contribution < 1.29 is 13.2 Å². The van der Waals surface area contributed by atoms with Crippen LogP contribution in [0.3, 0.4) is 0 Å². The molecule has 1 aliphatic heterocycles. The van der Waals surface area contributed by atoms with Crippen molar-refractivity contribution in [1.82, 2.24) is 14.5 Å². The Balaban J connectivity index is 1.92. The summed E-state index contributed by atoms with van der Waals surface area (Å²) in [4.78, 5) is 14.2. The molecule has 0 bridgehead atoms. The van der Waals surface area contributed by atoms with Gasteiger partial charge in [-0.1, -0.05) is 13.8 Å². The third-order valence-corrected chi connectivity index (χ3v) is 8.02. The van der Waals surface area contributed by atoms with Crippen LogP contribution >= 0.6 is 27.3 Å². The molecule has 1 aromatic heterocycles. The van der Waals surface area contributed by atoms with E-state index >= 15 is 0 Å². The lowest BCUT2D eigenvalue weighted by molar-refractivity contribution is -0.126. The van der Waals surface area contributed by atoms with E-state index in [2.05, 4.69) is 35.1 Å². The van der Waals surface area contributed by atoms with Crippen LogP contribution in [-0.2, 0) is 14.8 Å². The summed E-state index contributed by atoms with van der Waals surface area (Å²) in [7, 11) is -3.44. The van der Waals surface area contributed by atoms with Crippen molar-refractivity contribution in [2.75, 3.05) is 32.7 Å². The van der Waals surface area contributed by atoms with Gasteiger partial charge in [0.1, 0.15) is 4.21 Å². The molecular weight excluding hydrogens is 414 g/mol. The number of rotatable bonds is 6. The van der Waals surface area contributed by atoms with Crippen LogP contribution in [0.2, 0.25) is 0 Å². The second-order valence-corrected chi connectivity index (χ2v) is 10.9. The highest BCUT2D eigenvalue weighted by molar-refractivity contribution is 9.11. The topological polar surface area (TPSA) is 69.7 Å². The number of carbonyl (C=O) groups is 1. The number of hydrogen-bond donors (Lipinski definition) is 1. The molecule has 0 spiro atoms. The van der Waals surface area contributed by atoms with Gasteiger partial charge in [0.25, 0.3) is 10.0 Å². The Hall–Kier alpha value is -0.480. The molecule has 0 aliphatic carbocycles. The van der Waals surface area contributed by atoms with Gasteiger partial charge in [-0.2, -0.15) is 4.31 Å². The van der Waals surface area contributed by atoms with Crippen LogP contribution in [0.5, 0.6) is 0 Å². The Bertz CT molecular complexity index is 667. The quantitative estimate of drug-likeness (QED) is 0.738. The maximum absolute atomic E-state index is 12.6. The Morgan fingerprint density at radius 2 is 1.88 bits per heavy atom. The molecule has 0 radical (unpaired) electrons. The Kier molecular flexibility index (Phi) is 6.83. The number of halogens is 1. The number of nitrogens with one attached hydrogen (secondary N) is 1. The normalized spacial score (nSPS) is 18.7. The lowest BCUT2D eigenvalue weighted by Gasteiger charge is -2.36. The molecule has 1 aromatic rings. The Morgan fingerprint density at radius 3 is 2.38 bits per heavy atom. The summed E-state index contributed by atoms with van der Waals surface area (Å²) in [5.41, 5.74) is 0. The fraction of sp³-hybridized carbons (Fsp3) is 0.667. The summed E-state index contributed by atoms with van der Waals surface area (Å²) >= 11 is 4.52. The van der Waals surface area contributed by atoms with Crippen molar-refractivity contribution in [1.29, 1.82) is 0 Å². The van der Waals surface area contributed by atoms with E-state index in [1.807, 2.05) is 11.8 Å². The fourth-order valence-corrected chi connectivity index (χ4v) is 6.10. The Morgan fingerprint density at radius 1 is 1.25 bits per heavy atom. The molecule has 0 unspecified atom stereocenters. The summed E-state index contributed by atoms with van der Waals surface area (Å²) in [6.07, 6.45) is 0. The number of thiophene rings is 1. The Labute approximate surface area is 156 Å². The minimum Gasteiger partial charge on any atom is -0.354 e. The first-order valence-electron chi connectivity index (χ1n) is 7.99. The average molecular weight is 438 g/mol. The van der Waals surface area contributed by atoms with Crippen LogP contribution < -0.4 is 5.32 Å². The number of nitrogens with zero attached hydrogens (tertiary/aromatic N) is 2. The standard InChI is InChI=1S/C15H24BrN3O3S2/c1-11(2)10-17-15(20)12(3)18-6-8-19(9-7-18)24(21,22)14-5-4-13(16)23-14/h4-5,11-12H,6-10H2,1-3H3,(H,17,20)/t12-/m1/s1. The zero-order chi connectivity index (χ0) is 17.9. The molecular formula is C15H24BrN3O3S2. The SMILES string of the molecule is CC(C)CNC(=O)[C@@H](C)N1CCN(S(=O)(=O)c2ccc(Br)s2)CC1. The number of carbonyl (C=O) groups excluding carboxylic acids is 1. The van der Waals surface area contributed by atoms with E-state index in [1.165, 1.54) is 15.6 Å². The smallest absolute Gasteiger partial charge is 0.252 e. The van der Waals surface area contributed by atoms with Gasteiger partial charge in [0, 0.05) is 32.7 Å². The molecule has 1 fully saturated rings. The second-order valence-electron chi connectivity index (χ2n) is 6.31. The lowest BCUT2D eigenvalue weighted by Crippen LogP contribution is -2.55. The van der Waals surface area contributed by atoms with E-state index in [0.717, 1.165) is 3.79 Å². The highest BCUT2D eigenvalue weighted by Crippen LogP contribution is 2.29. The number of amides is 1. The highest BCUT2D eigenvalue weighted by atomic mass is 79.9. The molecule has 6 nitrogen and oxygen atoms in total. The van der Waals surface area contributed by atoms with Crippen molar-refractivity contribution in [3.63, 3.8) is 0 Å². The first kappa shape index (κ1) is 19.8. The number of sulfonamides is 1. The van der Waals surface area contributed by atoms with Gasteiger partial charge in [0.05, 0.1) is 9.83 Å². The van der Waals surface area contributed by atoms with Gasteiger partial charge in [-0.3, -0.25) is 9.69 Å². The van der Waals surface area contributed by atoms with E-state index in [0.29, 0.717) is 42.9 Å². The predicted molar refractivity (Wildman–Crippen MR) is 99.7 cm³/mol. The minimum absolute atomic E-state index is 0.00203. The second kappa shape index (κ2) is 8.27. The van der Waals surface area contributed by atoms with Gasteiger partial charge < -0.3 is 5.32 Å². The zero-order valence-electron chi connectivity index (χ0n) is 14.2. The van der Waals surface area contributed by atoms with Crippen LogP contribution in [0.4, 0.5) is 0 Å². The van der Waals surface area contributed by atoms with E-state index < -0.39 is 10.0 Å². The molecule has 0 aromatic carbocycles. The van der Waals surface area contributed by atoms with Crippen LogP contribution in [0.25, 0.3) is 0 Å². The van der Waals surface area contributed by atoms with E-state index in [-0.39, 0.29) is 11.9 Å². The van der Waals surface area contributed by atoms with E-state index in [4.69, 9.17) is 0 Å². The third-order valence-electron chi connectivity index (χ3n) is 4.03. The van der Waals surface area contributed by atoms with Gasteiger partial charge in [0.2, 0.25) is 5.91 Å². The van der Waals surface area contributed by atoms with E-state index in [1.54, 1.807) is 12.1 Å². The molecule has 9 heteroatoms. The molecule has 1 saturated heterocycles. The van der Waals surface area contributed by atoms with Crippen molar-refractivity contribution in [3.05, 3.63) is 15.9 Å². The van der Waals surface area contributed by atoms with Crippen LogP contribution in [0, 0.1) is 5.92 Å². The van der Waals surface area contributed by atoms with E-state index in [9.17, 15) is 13.2 Å². The van der Waals surface area contributed by atoms with Gasteiger partial charge in [0.15, 0.2) is 0 Å². The lowest BCUT2D eigenvalue weighted by atomic mass is 10.2. The van der Waals surface area contributed by atoms with Crippen LogP contribution in [0.15, 0.2) is 20.1 Å². The summed E-state index contributed by atoms with van der Waals surface area (Å²) in [6.45, 7) is 8.55. The van der Waals surface area contributed by atoms with Crippen LogP contribution in [0.1, 0.15) is 20.8 Å². The van der Waals surface area contributed by atoms with Gasteiger partial charge in [-0.25, -0.2) is 8.42 Å². The molecule has 1 atom stereocenters. The fourth-order valence-electron chi connectivity index (χ4n) is 2.51. The molecule has 24 heavy (non-hydrogen) atoms. The van der Waals surface area contributed by atoms with Crippen molar-refractivity contribution in [3.8, 4) is 0 Å². The maximum atomic E-state index is 12.6. The molecule has 136 valence electrons. The number of piperazine rings is 1. The predicted octanol–water partition coefficient (Wildman–Crippen LogP) is 1.98. The molecule has 0 saturated carbocycles. The molecule has 1 N–H and O–H groups in total. The molecule has 2 heterocycles. The summed E-state index contributed by atoms with van der Waals surface area (Å²) in [6, 6.07) is 3.12. The van der Waals surface area contributed by atoms with Crippen molar-refractivity contribution in [2.45, 2.75) is 31.0 Å². The molecule has 2 rings (SSSR count). The summed E-state index contributed by atoms with van der Waals surface area (Å²) < 4.78 is 27.9. The monoisotopic (exact) mass is 437 g/mol. The minimum atomic E-state index is -3.44. The largest absolute Gasteiger partial charge is 0.354 e. The zero-order valence-corrected chi connectivity index (χ0v) is 17.4. The highest BCUT2D eigenvalue weighted by Gasteiger charge is 2.32. The molecule has 1 amide bonds. The average Bonchev–Trinajstić information content (AvgIpc) is 2.99. The van der Waals surface area contributed by atoms with Crippen molar-refractivity contribution >= 4 is 43.2 Å². The maximum Gasteiger partial charge on any atom is 0.252 e. The van der Waals surface area contributed by atoms with Gasteiger partial charge in [-0.15, -0.1) is 11.3 Å². The first-order chi connectivity index (χ1) is 11.2. The number of hydrogen-bond acceptors (Lipinski definition) is 5. The van der Waals surface area contributed by atoms with Gasteiger partial charge in [-0.05, 0) is 40.9 Å². The first-order valence-corrected chi connectivity index (χ1v) is 11.0. The summed E-state index contributed by atoms with van der Waals surface area (Å²) in [5.74, 6) is 0.412. The van der Waals surface area contributed by atoms with Crippen LogP contribution in [-0.4, -0.2) is 62.3 Å². The van der Waals surface area contributed by atoms with Crippen molar-refractivity contribution in [2.24, 2.45) is 5.92 Å². The molecule has 1 aliphatic rings. The van der Waals surface area contributed by atoms with Gasteiger partial charge >= 0.3 is 0 Å².